The predicted octanol–water partition coefficient (Wildman–Crippen LogP) is 5.65. The number of halogens is 1. The van der Waals surface area contributed by atoms with Gasteiger partial charge in [-0.25, -0.2) is 14.4 Å². The fraction of sp³-hybridized carbons (Fsp3) is 0.136. The Hall–Kier alpha value is -3.10. The van der Waals surface area contributed by atoms with Gasteiger partial charge in [0.2, 0.25) is 5.91 Å². The largest absolute Gasteiger partial charge is 0.493 e. The van der Waals surface area contributed by atoms with E-state index in [9.17, 15) is 9.18 Å². The molecule has 30 heavy (non-hydrogen) atoms. The van der Waals surface area contributed by atoms with Gasteiger partial charge in [-0.05, 0) is 31.2 Å². The van der Waals surface area contributed by atoms with E-state index in [1.165, 1.54) is 34.8 Å². The van der Waals surface area contributed by atoms with Crippen LogP contribution in [-0.2, 0) is 11.2 Å². The van der Waals surface area contributed by atoms with Gasteiger partial charge >= 0.3 is 0 Å². The first-order valence-corrected chi connectivity index (χ1v) is 11.1. The summed E-state index contributed by atoms with van der Waals surface area (Å²) in [5.74, 6) is 0.249. The summed E-state index contributed by atoms with van der Waals surface area (Å²) in [6, 6.07) is 13.9. The molecule has 0 aliphatic heterocycles. The van der Waals surface area contributed by atoms with Crippen molar-refractivity contribution in [2.45, 2.75) is 13.3 Å². The zero-order valence-corrected chi connectivity index (χ0v) is 17.7. The summed E-state index contributed by atoms with van der Waals surface area (Å²) in [4.78, 5) is 21.4. The second kappa shape index (κ2) is 9.15. The van der Waals surface area contributed by atoms with Crippen molar-refractivity contribution in [2.24, 2.45) is 0 Å². The molecule has 8 heteroatoms. The van der Waals surface area contributed by atoms with E-state index in [-0.39, 0.29) is 18.1 Å². The third-order valence-electron chi connectivity index (χ3n) is 4.18. The third kappa shape index (κ3) is 4.72. The van der Waals surface area contributed by atoms with Gasteiger partial charge in [0.25, 0.3) is 0 Å². The smallest absolute Gasteiger partial charge is 0.232 e. The molecule has 1 N–H and O–H groups in total. The molecule has 0 fully saturated rings. The number of ether oxygens (including phenoxy) is 1. The number of thiazole rings is 2. The third-order valence-corrected chi connectivity index (χ3v) is 5.86. The van der Waals surface area contributed by atoms with Crippen LogP contribution in [0.4, 0.5) is 9.52 Å². The maximum absolute atomic E-state index is 13.4. The summed E-state index contributed by atoms with van der Waals surface area (Å²) in [6.07, 6.45) is 0.141. The van der Waals surface area contributed by atoms with Crippen LogP contribution < -0.4 is 10.1 Å². The van der Waals surface area contributed by atoms with Gasteiger partial charge in [-0.2, -0.15) is 0 Å². The van der Waals surface area contributed by atoms with Gasteiger partial charge in [0.1, 0.15) is 16.6 Å². The van der Waals surface area contributed by atoms with Crippen LogP contribution in [0.15, 0.2) is 59.3 Å². The minimum Gasteiger partial charge on any atom is -0.493 e. The van der Waals surface area contributed by atoms with Gasteiger partial charge in [-0.15, -0.1) is 22.7 Å². The molecule has 2 aromatic carbocycles. The number of aromatic nitrogens is 2. The molecule has 0 unspecified atom stereocenters. The molecular weight excluding hydrogens is 421 g/mol. The quantitative estimate of drug-likeness (QED) is 0.404. The Kier molecular flexibility index (Phi) is 6.15. The van der Waals surface area contributed by atoms with Crippen LogP contribution in [0.1, 0.15) is 12.6 Å². The van der Waals surface area contributed by atoms with E-state index in [1.54, 1.807) is 17.5 Å². The van der Waals surface area contributed by atoms with E-state index in [4.69, 9.17) is 4.74 Å². The summed E-state index contributed by atoms with van der Waals surface area (Å²) in [5.41, 5.74) is 2.89. The number of benzene rings is 2. The number of carbonyl (C=O) groups excluding carboxylic acids is 1. The van der Waals surface area contributed by atoms with Gasteiger partial charge in [-0.3, -0.25) is 4.79 Å². The van der Waals surface area contributed by atoms with Crippen LogP contribution in [0, 0.1) is 5.82 Å². The Morgan fingerprint density at radius 3 is 2.80 bits per heavy atom. The average molecular weight is 440 g/mol. The normalized spacial score (nSPS) is 10.7. The number of carbonyl (C=O) groups is 1. The zero-order valence-electron chi connectivity index (χ0n) is 16.1. The second-order valence-electron chi connectivity index (χ2n) is 6.35. The number of nitrogens with zero attached hydrogens (tertiary/aromatic N) is 2. The lowest BCUT2D eigenvalue weighted by atomic mass is 10.2. The molecule has 2 aromatic heterocycles. The van der Waals surface area contributed by atoms with E-state index < -0.39 is 0 Å². The molecule has 0 atom stereocenters. The second-order valence-corrected chi connectivity index (χ2v) is 8.06. The van der Waals surface area contributed by atoms with Crippen LogP contribution in [0.2, 0.25) is 0 Å². The molecular formula is C22H18FN3O2S2. The summed E-state index contributed by atoms with van der Waals surface area (Å²) in [5, 5.41) is 7.73. The van der Waals surface area contributed by atoms with Crippen LogP contribution in [-0.4, -0.2) is 22.5 Å². The summed E-state index contributed by atoms with van der Waals surface area (Å²) in [6.45, 7) is 2.51. The van der Waals surface area contributed by atoms with E-state index in [0.29, 0.717) is 28.7 Å². The first kappa shape index (κ1) is 20.2. The molecule has 5 nitrogen and oxygen atoms in total. The van der Waals surface area contributed by atoms with Crippen LogP contribution in [0.25, 0.3) is 21.8 Å². The van der Waals surface area contributed by atoms with Gasteiger partial charge in [0.05, 0.1) is 30.0 Å². The van der Waals surface area contributed by atoms with Crippen molar-refractivity contribution in [1.29, 1.82) is 0 Å². The van der Waals surface area contributed by atoms with Crippen molar-refractivity contribution >= 4 is 33.7 Å². The van der Waals surface area contributed by atoms with Gasteiger partial charge < -0.3 is 10.1 Å². The molecule has 0 aliphatic carbocycles. The first-order valence-electron chi connectivity index (χ1n) is 9.30. The van der Waals surface area contributed by atoms with Crippen LogP contribution in [0.5, 0.6) is 5.75 Å². The monoisotopic (exact) mass is 439 g/mol. The highest BCUT2D eigenvalue weighted by Crippen LogP contribution is 2.32. The minimum absolute atomic E-state index is 0.141. The molecule has 4 aromatic rings. The van der Waals surface area contributed by atoms with Gasteiger partial charge in [0.15, 0.2) is 5.13 Å². The number of amides is 1. The van der Waals surface area contributed by atoms with Gasteiger partial charge in [0, 0.05) is 16.3 Å². The number of hydrogen-bond acceptors (Lipinski definition) is 6. The van der Waals surface area contributed by atoms with Crippen molar-refractivity contribution in [3.63, 3.8) is 0 Å². The van der Waals surface area contributed by atoms with Crippen LogP contribution >= 0.6 is 22.7 Å². The summed E-state index contributed by atoms with van der Waals surface area (Å²) < 4.78 is 19.1. The molecule has 4 rings (SSSR count). The van der Waals surface area contributed by atoms with Gasteiger partial charge in [-0.1, -0.05) is 24.3 Å². The highest BCUT2D eigenvalue weighted by molar-refractivity contribution is 7.14. The molecule has 0 spiro atoms. The van der Waals surface area contributed by atoms with E-state index in [0.717, 1.165) is 16.3 Å². The number of anilines is 1. The molecule has 2 heterocycles. The lowest BCUT2D eigenvalue weighted by Gasteiger charge is -2.07. The topological polar surface area (TPSA) is 64.1 Å². The number of rotatable bonds is 7. The van der Waals surface area contributed by atoms with E-state index in [1.807, 2.05) is 36.6 Å². The SMILES string of the molecule is CCOc1ccccc1-c1nc(CC(=O)Nc2nc(-c3cccc(F)c3)cs2)cs1. The Balaban J connectivity index is 1.42. The molecule has 0 radical (unpaired) electrons. The molecule has 0 saturated heterocycles. The lowest BCUT2D eigenvalue weighted by Crippen LogP contribution is -2.14. The Labute approximate surface area is 181 Å². The van der Waals surface area contributed by atoms with Crippen molar-refractivity contribution in [2.75, 3.05) is 11.9 Å². The highest BCUT2D eigenvalue weighted by Gasteiger charge is 2.14. The number of para-hydroxylation sites is 1. The standard InChI is InChI=1S/C22H18FN3O2S2/c1-2-28-19-9-4-3-8-17(19)21-24-16(12-29-21)11-20(27)26-22-25-18(13-30-22)14-6-5-7-15(23)10-14/h3-10,12-13H,2,11H2,1H3,(H,25,26,27). The molecule has 0 saturated carbocycles. The zero-order chi connectivity index (χ0) is 20.9. The summed E-state index contributed by atoms with van der Waals surface area (Å²) in [7, 11) is 0. The van der Waals surface area contributed by atoms with Crippen molar-refractivity contribution < 1.29 is 13.9 Å². The van der Waals surface area contributed by atoms with E-state index >= 15 is 0 Å². The fourth-order valence-corrected chi connectivity index (χ4v) is 4.46. The average Bonchev–Trinajstić information content (AvgIpc) is 3.38. The first-order chi connectivity index (χ1) is 14.6. The Bertz CT molecular complexity index is 1170. The molecule has 1 amide bonds. The Morgan fingerprint density at radius 1 is 1.10 bits per heavy atom. The summed E-state index contributed by atoms with van der Waals surface area (Å²) >= 11 is 2.77. The van der Waals surface area contributed by atoms with Crippen LogP contribution in [0.3, 0.4) is 0 Å². The highest BCUT2D eigenvalue weighted by atomic mass is 32.1. The fourth-order valence-electron chi connectivity index (χ4n) is 2.88. The Morgan fingerprint density at radius 2 is 1.97 bits per heavy atom. The number of hydrogen-bond donors (Lipinski definition) is 1. The molecule has 0 bridgehead atoms. The van der Waals surface area contributed by atoms with Crippen molar-refractivity contribution in [3.8, 4) is 27.6 Å². The number of nitrogens with one attached hydrogen (secondary N) is 1. The molecule has 152 valence electrons. The van der Waals surface area contributed by atoms with Crippen molar-refractivity contribution in [3.05, 3.63) is 70.8 Å². The molecule has 0 aliphatic rings. The lowest BCUT2D eigenvalue weighted by molar-refractivity contribution is -0.115. The maximum Gasteiger partial charge on any atom is 0.232 e. The maximum atomic E-state index is 13.4. The van der Waals surface area contributed by atoms with E-state index in [2.05, 4.69) is 15.3 Å². The minimum atomic E-state index is -0.323. The van der Waals surface area contributed by atoms with Crippen molar-refractivity contribution in [1.82, 2.24) is 9.97 Å². The predicted molar refractivity (Wildman–Crippen MR) is 119 cm³/mol.